The first-order valence-electron chi connectivity index (χ1n) is 4.91. The van der Waals surface area contributed by atoms with Gasteiger partial charge in [0.15, 0.2) is 0 Å². The Morgan fingerprint density at radius 3 is 2.29 bits per heavy atom. The van der Waals surface area contributed by atoms with Crippen molar-refractivity contribution in [1.82, 2.24) is 0 Å². The third kappa shape index (κ3) is 2.28. The van der Waals surface area contributed by atoms with Crippen molar-refractivity contribution < 1.29 is 4.39 Å². The third-order valence-electron chi connectivity index (χ3n) is 2.59. The molecule has 0 atom stereocenters. The van der Waals surface area contributed by atoms with Crippen LogP contribution in [0.25, 0.3) is 11.1 Å². The molecule has 2 aromatic carbocycles. The Balaban J connectivity index is 2.69. The van der Waals surface area contributed by atoms with Gasteiger partial charge in [-0.2, -0.15) is 0 Å². The maximum atomic E-state index is 13.5. The van der Waals surface area contributed by atoms with Crippen LogP contribution in [0.5, 0.6) is 0 Å². The van der Waals surface area contributed by atoms with Crippen LogP contribution in [0.4, 0.5) is 4.39 Å². The van der Waals surface area contributed by atoms with Crippen LogP contribution in [0.15, 0.2) is 30.3 Å². The number of hydrogen-bond acceptors (Lipinski definition) is 0. The molecule has 0 aliphatic rings. The Labute approximate surface area is 114 Å². The molecule has 0 N–H and O–H groups in total. The highest BCUT2D eigenvalue weighted by molar-refractivity contribution is 6.49. The Morgan fingerprint density at radius 2 is 1.59 bits per heavy atom. The normalized spacial score (nSPS) is 10.6. The molecule has 88 valence electrons. The third-order valence-corrected chi connectivity index (χ3v) is 3.89. The van der Waals surface area contributed by atoms with Crippen molar-refractivity contribution in [3.05, 3.63) is 56.8 Å². The van der Waals surface area contributed by atoms with Crippen molar-refractivity contribution in [2.75, 3.05) is 0 Å². The van der Waals surface area contributed by atoms with Gasteiger partial charge in [0.05, 0.1) is 15.1 Å². The fourth-order valence-corrected chi connectivity index (χ4v) is 2.27. The smallest absolute Gasteiger partial charge is 0.126 e. The van der Waals surface area contributed by atoms with Crippen LogP contribution in [0.2, 0.25) is 15.1 Å². The lowest BCUT2D eigenvalue weighted by atomic mass is 10.0. The van der Waals surface area contributed by atoms with Gasteiger partial charge in [-0.1, -0.05) is 53.0 Å². The average Bonchev–Trinajstić information content (AvgIpc) is 2.31. The van der Waals surface area contributed by atoms with E-state index in [1.807, 2.05) is 0 Å². The van der Waals surface area contributed by atoms with Gasteiger partial charge in [-0.3, -0.25) is 0 Å². The molecular weight excluding hydrogens is 282 g/mol. The standard InChI is InChI=1S/C13H8Cl3F/c1-7-8(3-2-4-11(7)17)9-5-6-10(14)13(16)12(9)15/h2-6H,1H3. The molecule has 0 heterocycles. The first-order chi connectivity index (χ1) is 8.02. The summed E-state index contributed by atoms with van der Waals surface area (Å²) < 4.78 is 13.5. The molecular formula is C13H8Cl3F. The Morgan fingerprint density at radius 1 is 0.882 bits per heavy atom. The summed E-state index contributed by atoms with van der Waals surface area (Å²) in [4.78, 5) is 0. The number of rotatable bonds is 1. The summed E-state index contributed by atoms with van der Waals surface area (Å²) in [6.07, 6.45) is 0. The van der Waals surface area contributed by atoms with Gasteiger partial charge < -0.3 is 0 Å². The first kappa shape index (κ1) is 12.7. The van der Waals surface area contributed by atoms with Crippen molar-refractivity contribution in [2.24, 2.45) is 0 Å². The Hall–Kier alpha value is -0.760. The van der Waals surface area contributed by atoms with Crippen molar-refractivity contribution >= 4 is 34.8 Å². The van der Waals surface area contributed by atoms with Crippen LogP contribution in [0, 0.1) is 12.7 Å². The molecule has 0 saturated heterocycles. The van der Waals surface area contributed by atoms with Crippen molar-refractivity contribution in [3.8, 4) is 11.1 Å². The number of hydrogen-bond donors (Lipinski definition) is 0. The molecule has 0 radical (unpaired) electrons. The molecule has 2 rings (SSSR count). The fourth-order valence-electron chi connectivity index (χ4n) is 1.63. The van der Waals surface area contributed by atoms with E-state index in [1.54, 1.807) is 31.2 Å². The predicted molar refractivity (Wildman–Crippen MR) is 71.6 cm³/mol. The van der Waals surface area contributed by atoms with Gasteiger partial charge in [0, 0.05) is 5.56 Å². The van der Waals surface area contributed by atoms with Crippen LogP contribution >= 0.6 is 34.8 Å². The van der Waals surface area contributed by atoms with E-state index >= 15 is 0 Å². The summed E-state index contributed by atoms with van der Waals surface area (Å²) in [6.45, 7) is 1.70. The molecule has 0 spiro atoms. The minimum atomic E-state index is -0.273. The lowest BCUT2D eigenvalue weighted by molar-refractivity contribution is 0.619. The summed E-state index contributed by atoms with van der Waals surface area (Å²) >= 11 is 17.9. The molecule has 0 aliphatic carbocycles. The van der Waals surface area contributed by atoms with Crippen LogP contribution in [-0.4, -0.2) is 0 Å². The van der Waals surface area contributed by atoms with E-state index in [1.165, 1.54) is 6.07 Å². The molecule has 0 amide bonds. The van der Waals surface area contributed by atoms with Crippen molar-refractivity contribution in [1.29, 1.82) is 0 Å². The highest BCUT2D eigenvalue weighted by atomic mass is 35.5. The second-order valence-electron chi connectivity index (χ2n) is 3.64. The van der Waals surface area contributed by atoms with E-state index in [0.29, 0.717) is 26.7 Å². The topological polar surface area (TPSA) is 0 Å². The van der Waals surface area contributed by atoms with Crippen molar-refractivity contribution in [2.45, 2.75) is 6.92 Å². The average molecular weight is 290 g/mol. The van der Waals surface area contributed by atoms with Gasteiger partial charge in [0.1, 0.15) is 5.82 Å². The molecule has 0 unspecified atom stereocenters. The zero-order chi connectivity index (χ0) is 12.6. The minimum Gasteiger partial charge on any atom is -0.207 e. The molecule has 4 heteroatoms. The van der Waals surface area contributed by atoms with E-state index in [9.17, 15) is 4.39 Å². The summed E-state index contributed by atoms with van der Waals surface area (Å²) in [5.74, 6) is -0.273. The zero-order valence-corrected chi connectivity index (χ0v) is 11.2. The quantitative estimate of drug-likeness (QED) is 0.585. The summed E-state index contributed by atoms with van der Waals surface area (Å²) in [5.41, 5.74) is 1.93. The molecule has 2 aromatic rings. The molecule has 0 aromatic heterocycles. The second-order valence-corrected chi connectivity index (χ2v) is 4.80. The first-order valence-corrected chi connectivity index (χ1v) is 6.04. The van der Waals surface area contributed by atoms with E-state index < -0.39 is 0 Å². The fraction of sp³-hybridized carbons (Fsp3) is 0.0769. The summed E-state index contributed by atoms with van der Waals surface area (Å²) in [7, 11) is 0. The maximum Gasteiger partial charge on any atom is 0.126 e. The SMILES string of the molecule is Cc1c(F)cccc1-c1ccc(Cl)c(Cl)c1Cl. The predicted octanol–water partition coefficient (Wildman–Crippen LogP) is 5.76. The second kappa shape index (κ2) is 4.85. The molecule has 0 nitrogen and oxygen atoms in total. The monoisotopic (exact) mass is 288 g/mol. The zero-order valence-electron chi connectivity index (χ0n) is 8.90. The van der Waals surface area contributed by atoms with Gasteiger partial charge in [0.2, 0.25) is 0 Å². The Bertz CT molecular complexity index is 579. The molecule has 17 heavy (non-hydrogen) atoms. The lowest BCUT2D eigenvalue weighted by Gasteiger charge is -2.10. The van der Waals surface area contributed by atoms with Gasteiger partial charge in [-0.05, 0) is 30.2 Å². The van der Waals surface area contributed by atoms with Crippen LogP contribution in [0.3, 0.4) is 0 Å². The number of benzene rings is 2. The largest absolute Gasteiger partial charge is 0.207 e. The minimum absolute atomic E-state index is 0.273. The van der Waals surface area contributed by atoms with Crippen LogP contribution in [-0.2, 0) is 0 Å². The van der Waals surface area contributed by atoms with Gasteiger partial charge in [-0.25, -0.2) is 4.39 Å². The van der Waals surface area contributed by atoms with Gasteiger partial charge in [-0.15, -0.1) is 0 Å². The van der Waals surface area contributed by atoms with Crippen LogP contribution < -0.4 is 0 Å². The summed E-state index contributed by atoms with van der Waals surface area (Å²) in [5, 5.41) is 1.01. The molecule has 0 aliphatic heterocycles. The van der Waals surface area contributed by atoms with E-state index in [2.05, 4.69) is 0 Å². The number of halogens is 4. The van der Waals surface area contributed by atoms with Gasteiger partial charge >= 0.3 is 0 Å². The Kier molecular flexibility index (Phi) is 3.62. The molecule has 0 bridgehead atoms. The van der Waals surface area contributed by atoms with Crippen molar-refractivity contribution in [3.63, 3.8) is 0 Å². The van der Waals surface area contributed by atoms with E-state index in [4.69, 9.17) is 34.8 Å². The molecule has 0 saturated carbocycles. The van der Waals surface area contributed by atoms with Crippen LogP contribution in [0.1, 0.15) is 5.56 Å². The molecule has 0 fully saturated rings. The maximum absolute atomic E-state index is 13.5. The van der Waals surface area contributed by atoms with Gasteiger partial charge in [0.25, 0.3) is 0 Å². The highest BCUT2D eigenvalue weighted by Gasteiger charge is 2.13. The lowest BCUT2D eigenvalue weighted by Crippen LogP contribution is -1.89. The van der Waals surface area contributed by atoms with E-state index in [0.717, 1.165) is 0 Å². The highest BCUT2D eigenvalue weighted by Crippen LogP contribution is 2.39. The van der Waals surface area contributed by atoms with E-state index in [-0.39, 0.29) is 10.8 Å². The summed E-state index contributed by atoms with van der Waals surface area (Å²) in [6, 6.07) is 8.22.